The molecular weight excluding hydrogens is 300 g/mol. The molecule has 2 heterocycles. The van der Waals surface area contributed by atoms with Crippen LogP contribution in [-0.4, -0.2) is 74.5 Å². The van der Waals surface area contributed by atoms with Gasteiger partial charge in [0.25, 0.3) is 5.91 Å². The number of carboxylic acid groups (broad SMARTS) is 1. The van der Waals surface area contributed by atoms with Gasteiger partial charge in [-0.05, 0) is 12.1 Å². The summed E-state index contributed by atoms with van der Waals surface area (Å²) in [5.41, 5.74) is 1.10. The first kappa shape index (κ1) is 15.8. The molecule has 2 aliphatic heterocycles. The predicted octanol–water partition coefficient (Wildman–Crippen LogP) is 0.694. The number of aromatic carboxylic acids is 1. The Morgan fingerprint density at radius 1 is 0.913 bits per heavy atom. The van der Waals surface area contributed by atoms with Crippen LogP contribution in [0.25, 0.3) is 0 Å². The molecule has 0 radical (unpaired) electrons. The molecule has 2 fully saturated rings. The van der Waals surface area contributed by atoms with E-state index < -0.39 is 5.97 Å². The summed E-state index contributed by atoms with van der Waals surface area (Å²) in [6, 6.07) is 4.87. The van der Waals surface area contributed by atoms with Crippen LogP contribution in [0, 0.1) is 0 Å². The van der Waals surface area contributed by atoms with Gasteiger partial charge in [0.15, 0.2) is 0 Å². The van der Waals surface area contributed by atoms with Crippen molar-refractivity contribution in [2.45, 2.75) is 0 Å². The summed E-state index contributed by atoms with van der Waals surface area (Å²) in [5.74, 6) is -1.17. The maximum Gasteiger partial charge on any atom is 0.337 e. The molecule has 1 aromatic carbocycles. The lowest BCUT2D eigenvalue weighted by molar-refractivity contribution is 0.0303. The van der Waals surface area contributed by atoms with Crippen molar-refractivity contribution in [3.8, 4) is 0 Å². The van der Waals surface area contributed by atoms with Crippen LogP contribution in [-0.2, 0) is 9.47 Å². The number of benzene rings is 1. The molecule has 1 aromatic rings. The van der Waals surface area contributed by atoms with E-state index in [1.165, 1.54) is 0 Å². The Balaban J connectivity index is 1.99. The zero-order chi connectivity index (χ0) is 16.2. The number of hydrogen-bond donors (Lipinski definition) is 1. The van der Waals surface area contributed by atoms with Gasteiger partial charge in [-0.3, -0.25) is 4.79 Å². The standard InChI is InChI=1S/C16H20N2O5/c19-15(18-6-10-23-11-7-18)12-2-1-3-13(16(20)21)14(12)17-4-8-22-9-5-17/h1-3H,4-11H2,(H,20,21). The molecule has 2 saturated heterocycles. The Morgan fingerprint density at radius 2 is 1.48 bits per heavy atom. The third-order valence-corrected chi connectivity index (χ3v) is 4.12. The third kappa shape index (κ3) is 3.30. The van der Waals surface area contributed by atoms with Gasteiger partial charge in [0.1, 0.15) is 0 Å². The summed E-state index contributed by atoms with van der Waals surface area (Å²) in [6.45, 7) is 4.28. The van der Waals surface area contributed by atoms with Gasteiger partial charge < -0.3 is 24.4 Å². The molecule has 3 rings (SSSR count). The van der Waals surface area contributed by atoms with Crippen LogP contribution in [0.1, 0.15) is 20.7 Å². The van der Waals surface area contributed by atoms with E-state index in [4.69, 9.17) is 9.47 Å². The average molecular weight is 320 g/mol. The number of carbonyl (C=O) groups is 2. The molecule has 0 unspecified atom stereocenters. The van der Waals surface area contributed by atoms with Crippen molar-refractivity contribution in [3.05, 3.63) is 29.3 Å². The molecule has 0 saturated carbocycles. The summed E-state index contributed by atoms with van der Waals surface area (Å²) in [5, 5.41) is 9.51. The molecule has 0 atom stereocenters. The summed E-state index contributed by atoms with van der Waals surface area (Å²) >= 11 is 0. The normalized spacial score (nSPS) is 18.8. The summed E-state index contributed by atoms with van der Waals surface area (Å²) < 4.78 is 10.6. The quantitative estimate of drug-likeness (QED) is 0.883. The molecule has 1 amide bonds. The van der Waals surface area contributed by atoms with Crippen molar-refractivity contribution in [3.63, 3.8) is 0 Å². The average Bonchev–Trinajstić information content (AvgIpc) is 2.62. The van der Waals surface area contributed by atoms with Crippen LogP contribution in [0.5, 0.6) is 0 Å². The smallest absolute Gasteiger partial charge is 0.337 e. The maximum atomic E-state index is 12.9. The van der Waals surface area contributed by atoms with Crippen LogP contribution < -0.4 is 4.90 Å². The fourth-order valence-corrected chi connectivity index (χ4v) is 2.95. The number of rotatable bonds is 3. The van der Waals surface area contributed by atoms with Crippen LogP contribution in [0.3, 0.4) is 0 Å². The van der Waals surface area contributed by atoms with E-state index in [0.29, 0.717) is 63.9 Å². The van der Waals surface area contributed by atoms with Crippen molar-refractivity contribution < 1.29 is 24.2 Å². The molecular formula is C16H20N2O5. The second-order valence-corrected chi connectivity index (χ2v) is 5.51. The molecule has 0 bridgehead atoms. The molecule has 1 N–H and O–H groups in total. The fraction of sp³-hybridized carbons (Fsp3) is 0.500. The topological polar surface area (TPSA) is 79.3 Å². The van der Waals surface area contributed by atoms with Gasteiger partial charge in [0.2, 0.25) is 0 Å². The van der Waals surface area contributed by atoms with Gasteiger partial charge >= 0.3 is 5.97 Å². The lowest BCUT2D eigenvalue weighted by Crippen LogP contribution is -2.43. The zero-order valence-corrected chi connectivity index (χ0v) is 12.9. The van der Waals surface area contributed by atoms with E-state index in [9.17, 15) is 14.7 Å². The highest BCUT2D eigenvalue weighted by molar-refractivity contribution is 6.06. The number of carbonyl (C=O) groups excluding carboxylic acids is 1. The molecule has 7 heteroatoms. The Labute approximate surface area is 134 Å². The van der Waals surface area contributed by atoms with Gasteiger partial charge in [-0.1, -0.05) is 6.07 Å². The Bertz CT molecular complexity index is 592. The van der Waals surface area contributed by atoms with Gasteiger partial charge in [0, 0.05) is 26.2 Å². The van der Waals surface area contributed by atoms with Crippen molar-refractivity contribution >= 4 is 17.6 Å². The lowest BCUT2D eigenvalue weighted by atomic mass is 10.0. The summed E-state index contributed by atoms with van der Waals surface area (Å²) in [4.78, 5) is 28.1. The number of amides is 1. The minimum absolute atomic E-state index is 0.141. The lowest BCUT2D eigenvalue weighted by Gasteiger charge is -2.33. The Kier molecular flexibility index (Phi) is 4.78. The van der Waals surface area contributed by atoms with Crippen LogP contribution in [0.2, 0.25) is 0 Å². The van der Waals surface area contributed by atoms with Crippen molar-refractivity contribution in [2.24, 2.45) is 0 Å². The number of anilines is 1. The van der Waals surface area contributed by atoms with E-state index in [0.717, 1.165) is 0 Å². The minimum atomic E-state index is -1.02. The van der Waals surface area contributed by atoms with Crippen LogP contribution >= 0.6 is 0 Å². The number of ether oxygens (including phenoxy) is 2. The van der Waals surface area contributed by atoms with Gasteiger partial charge in [-0.15, -0.1) is 0 Å². The second-order valence-electron chi connectivity index (χ2n) is 5.51. The molecule has 0 aliphatic carbocycles. The summed E-state index contributed by atoms with van der Waals surface area (Å²) in [6.07, 6.45) is 0. The van der Waals surface area contributed by atoms with Crippen LogP contribution in [0.4, 0.5) is 5.69 Å². The third-order valence-electron chi connectivity index (χ3n) is 4.12. The molecule has 7 nitrogen and oxygen atoms in total. The first-order chi connectivity index (χ1) is 11.2. The SMILES string of the molecule is O=C(O)c1cccc(C(=O)N2CCOCC2)c1N1CCOCC1. The zero-order valence-electron chi connectivity index (χ0n) is 12.9. The monoisotopic (exact) mass is 320 g/mol. The van der Waals surface area contributed by atoms with Gasteiger partial charge in [-0.25, -0.2) is 4.79 Å². The Hall–Kier alpha value is -2.12. The predicted molar refractivity (Wildman–Crippen MR) is 83.2 cm³/mol. The van der Waals surface area contributed by atoms with Gasteiger partial charge in [-0.2, -0.15) is 0 Å². The van der Waals surface area contributed by atoms with Crippen molar-refractivity contribution in [1.82, 2.24) is 4.90 Å². The maximum absolute atomic E-state index is 12.9. The molecule has 23 heavy (non-hydrogen) atoms. The number of hydrogen-bond acceptors (Lipinski definition) is 5. The number of carboxylic acids is 1. The van der Waals surface area contributed by atoms with Crippen molar-refractivity contribution in [2.75, 3.05) is 57.5 Å². The number of nitrogens with zero attached hydrogens (tertiary/aromatic N) is 2. The van der Waals surface area contributed by atoms with Crippen molar-refractivity contribution in [1.29, 1.82) is 0 Å². The largest absolute Gasteiger partial charge is 0.478 e. The number of morpholine rings is 2. The molecule has 2 aliphatic rings. The minimum Gasteiger partial charge on any atom is -0.478 e. The first-order valence-electron chi connectivity index (χ1n) is 7.74. The fourth-order valence-electron chi connectivity index (χ4n) is 2.95. The highest BCUT2D eigenvalue weighted by Gasteiger charge is 2.27. The number of para-hydroxylation sites is 1. The van der Waals surface area contributed by atoms with Crippen LogP contribution in [0.15, 0.2) is 18.2 Å². The highest BCUT2D eigenvalue weighted by Crippen LogP contribution is 2.28. The molecule has 0 aromatic heterocycles. The molecule has 124 valence electrons. The Morgan fingerprint density at radius 3 is 2.09 bits per heavy atom. The highest BCUT2D eigenvalue weighted by atomic mass is 16.5. The van der Waals surface area contributed by atoms with E-state index in [1.54, 1.807) is 23.1 Å². The first-order valence-corrected chi connectivity index (χ1v) is 7.74. The van der Waals surface area contributed by atoms with E-state index in [1.807, 2.05) is 4.90 Å². The van der Waals surface area contributed by atoms with E-state index >= 15 is 0 Å². The molecule has 0 spiro atoms. The van der Waals surface area contributed by atoms with E-state index in [2.05, 4.69) is 0 Å². The second kappa shape index (κ2) is 6.97. The van der Waals surface area contributed by atoms with E-state index in [-0.39, 0.29) is 11.5 Å². The van der Waals surface area contributed by atoms with Gasteiger partial charge in [0.05, 0.1) is 43.2 Å². The summed E-state index contributed by atoms with van der Waals surface area (Å²) in [7, 11) is 0.